The summed E-state index contributed by atoms with van der Waals surface area (Å²) in [6, 6.07) is 2.16. The molecule has 1 aromatic rings. The summed E-state index contributed by atoms with van der Waals surface area (Å²) in [6.45, 7) is 7.65. The first-order chi connectivity index (χ1) is 7.91. The van der Waals surface area contributed by atoms with Crippen LogP contribution in [0.4, 0.5) is 0 Å². The lowest BCUT2D eigenvalue weighted by atomic mass is 10.3. The van der Waals surface area contributed by atoms with Crippen molar-refractivity contribution >= 4 is 33.8 Å². The van der Waals surface area contributed by atoms with Crippen molar-refractivity contribution in [3.8, 4) is 0 Å². The van der Waals surface area contributed by atoms with E-state index in [0.717, 1.165) is 17.0 Å². The van der Waals surface area contributed by atoms with Crippen molar-refractivity contribution < 1.29 is 8.42 Å². The number of nitrogens with one attached hydrogen (secondary N) is 1. The summed E-state index contributed by atoms with van der Waals surface area (Å²) in [5.74, 6) is 0. The minimum atomic E-state index is -3.29. The fourth-order valence-corrected chi connectivity index (χ4v) is 5.44. The van der Waals surface area contributed by atoms with Crippen LogP contribution in [0.25, 0.3) is 0 Å². The zero-order chi connectivity index (χ0) is 12.6. The molecule has 1 saturated heterocycles. The van der Waals surface area contributed by atoms with Crippen molar-refractivity contribution in [3.63, 3.8) is 0 Å². The molecule has 0 spiro atoms. The molecule has 0 aliphatic carbocycles. The molecule has 18 heavy (non-hydrogen) atoms. The largest absolute Gasteiger partial charge is 0.312 e. The molecule has 1 aromatic heterocycles. The Morgan fingerprint density at radius 1 is 1.44 bits per heavy atom. The average molecular weight is 311 g/mol. The molecule has 0 amide bonds. The van der Waals surface area contributed by atoms with Crippen LogP contribution in [0.15, 0.2) is 10.3 Å². The van der Waals surface area contributed by atoms with Crippen LogP contribution in [0, 0.1) is 13.8 Å². The van der Waals surface area contributed by atoms with Crippen molar-refractivity contribution in [2.45, 2.75) is 31.0 Å². The fourth-order valence-electron chi connectivity index (χ4n) is 2.11. The molecule has 1 atom stereocenters. The summed E-state index contributed by atoms with van der Waals surface area (Å²) in [5, 5.41) is 3.25. The van der Waals surface area contributed by atoms with Gasteiger partial charge in [0.2, 0.25) is 0 Å². The molecular weight excluding hydrogens is 292 g/mol. The van der Waals surface area contributed by atoms with Crippen LogP contribution in [0.1, 0.15) is 17.4 Å². The van der Waals surface area contributed by atoms with Gasteiger partial charge < -0.3 is 5.32 Å². The van der Waals surface area contributed by atoms with Crippen LogP contribution in [0.2, 0.25) is 0 Å². The number of piperazine rings is 1. The van der Waals surface area contributed by atoms with E-state index in [2.05, 4.69) is 5.32 Å². The Morgan fingerprint density at radius 2 is 2.11 bits per heavy atom. The van der Waals surface area contributed by atoms with Crippen molar-refractivity contribution in [1.82, 2.24) is 9.62 Å². The second-order valence-corrected chi connectivity index (χ2v) is 7.94. The zero-order valence-corrected chi connectivity index (χ0v) is 13.2. The number of aryl methyl sites for hydroxylation is 2. The van der Waals surface area contributed by atoms with Gasteiger partial charge in [-0.25, -0.2) is 8.42 Å². The summed E-state index contributed by atoms with van der Waals surface area (Å²) >= 11 is 1.37. The van der Waals surface area contributed by atoms with Gasteiger partial charge in [-0.2, -0.15) is 4.31 Å². The Hall–Kier alpha value is -0.140. The quantitative estimate of drug-likeness (QED) is 0.905. The molecule has 2 heterocycles. The monoisotopic (exact) mass is 310 g/mol. The standard InChI is InChI=1S/C11H18N2O2S2.ClH/c1-8-6-10(3)16-11(8)17(14,15)13-5-4-12-9(2)7-13;/h6,9,12H,4-5,7H2,1-3H3;1H/t9-;/m0./s1. The Kier molecular flexibility index (Phi) is 5.20. The summed E-state index contributed by atoms with van der Waals surface area (Å²) < 4.78 is 27.0. The predicted octanol–water partition coefficient (Wildman–Crippen LogP) is 1.77. The van der Waals surface area contributed by atoms with Gasteiger partial charge >= 0.3 is 0 Å². The van der Waals surface area contributed by atoms with Gasteiger partial charge in [-0.1, -0.05) is 0 Å². The molecule has 7 heteroatoms. The number of sulfonamides is 1. The van der Waals surface area contributed by atoms with E-state index in [0.29, 0.717) is 17.3 Å². The Labute approximate surface area is 119 Å². The maximum absolute atomic E-state index is 12.5. The number of nitrogens with zero attached hydrogens (tertiary/aromatic N) is 1. The van der Waals surface area contributed by atoms with E-state index in [1.165, 1.54) is 11.3 Å². The number of hydrogen-bond donors (Lipinski definition) is 1. The molecule has 0 aromatic carbocycles. The van der Waals surface area contributed by atoms with Crippen LogP contribution in [-0.2, 0) is 10.0 Å². The molecule has 1 aliphatic rings. The van der Waals surface area contributed by atoms with E-state index >= 15 is 0 Å². The van der Waals surface area contributed by atoms with Gasteiger partial charge in [0.15, 0.2) is 0 Å². The molecule has 2 rings (SSSR count). The van der Waals surface area contributed by atoms with Gasteiger partial charge in [0.1, 0.15) is 4.21 Å². The second-order valence-electron chi connectivity index (χ2n) is 4.55. The Balaban J connectivity index is 0.00000162. The van der Waals surface area contributed by atoms with Crippen LogP contribution in [-0.4, -0.2) is 38.4 Å². The van der Waals surface area contributed by atoms with Crippen LogP contribution in [0.3, 0.4) is 0 Å². The molecule has 0 saturated carbocycles. The summed E-state index contributed by atoms with van der Waals surface area (Å²) in [7, 11) is -3.29. The highest BCUT2D eigenvalue weighted by Gasteiger charge is 2.30. The van der Waals surface area contributed by atoms with E-state index in [1.54, 1.807) is 4.31 Å². The third-order valence-electron chi connectivity index (χ3n) is 2.90. The Morgan fingerprint density at radius 3 is 2.61 bits per heavy atom. The first-order valence-electron chi connectivity index (χ1n) is 5.72. The third kappa shape index (κ3) is 3.05. The van der Waals surface area contributed by atoms with Crippen molar-refractivity contribution in [3.05, 3.63) is 16.5 Å². The van der Waals surface area contributed by atoms with Gasteiger partial charge in [-0.3, -0.25) is 0 Å². The van der Waals surface area contributed by atoms with Gasteiger partial charge in [-0.05, 0) is 32.4 Å². The maximum Gasteiger partial charge on any atom is 0.252 e. The van der Waals surface area contributed by atoms with Crippen molar-refractivity contribution in [2.24, 2.45) is 0 Å². The molecule has 0 unspecified atom stereocenters. The molecule has 1 N–H and O–H groups in total. The van der Waals surface area contributed by atoms with Crippen molar-refractivity contribution in [2.75, 3.05) is 19.6 Å². The molecule has 1 aliphatic heterocycles. The highest BCUT2D eigenvalue weighted by molar-refractivity contribution is 7.91. The zero-order valence-electron chi connectivity index (χ0n) is 10.8. The summed E-state index contributed by atoms with van der Waals surface area (Å²) in [4.78, 5) is 1.05. The van der Waals surface area contributed by atoms with E-state index in [4.69, 9.17) is 0 Å². The molecule has 0 radical (unpaired) electrons. The normalized spacial score (nSPS) is 21.6. The minimum absolute atomic E-state index is 0. The smallest absolute Gasteiger partial charge is 0.252 e. The van der Waals surface area contributed by atoms with Gasteiger partial charge in [0.05, 0.1) is 0 Å². The first-order valence-corrected chi connectivity index (χ1v) is 7.97. The minimum Gasteiger partial charge on any atom is -0.312 e. The lowest BCUT2D eigenvalue weighted by Gasteiger charge is -2.30. The lowest BCUT2D eigenvalue weighted by molar-refractivity contribution is 0.310. The third-order valence-corrected chi connectivity index (χ3v) is 6.53. The number of halogens is 1. The maximum atomic E-state index is 12.5. The van der Waals surface area contributed by atoms with Crippen LogP contribution < -0.4 is 5.32 Å². The molecule has 4 nitrogen and oxygen atoms in total. The topological polar surface area (TPSA) is 49.4 Å². The number of thiophene rings is 1. The SMILES string of the molecule is Cc1cc(C)c(S(=O)(=O)N2CCN[C@@H](C)C2)s1.Cl. The van der Waals surface area contributed by atoms with Gasteiger partial charge in [0.25, 0.3) is 10.0 Å². The second kappa shape index (κ2) is 5.88. The molecule has 104 valence electrons. The highest BCUT2D eigenvalue weighted by Crippen LogP contribution is 2.29. The predicted molar refractivity (Wildman–Crippen MR) is 77.3 cm³/mol. The van der Waals surface area contributed by atoms with Gasteiger partial charge in [-0.15, -0.1) is 23.7 Å². The van der Waals surface area contributed by atoms with Gasteiger partial charge in [0, 0.05) is 30.6 Å². The molecule has 1 fully saturated rings. The first kappa shape index (κ1) is 15.9. The van der Waals surface area contributed by atoms with E-state index in [-0.39, 0.29) is 18.4 Å². The van der Waals surface area contributed by atoms with Crippen LogP contribution >= 0.6 is 23.7 Å². The average Bonchev–Trinajstić information content (AvgIpc) is 2.58. The van der Waals surface area contributed by atoms with E-state index in [9.17, 15) is 8.42 Å². The number of rotatable bonds is 2. The highest BCUT2D eigenvalue weighted by atomic mass is 35.5. The Bertz CT molecular complexity index is 513. The van der Waals surface area contributed by atoms with E-state index < -0.39 is 10.0 Å². The van der Waals surface area contributed by atoms with Crippen LogP contribution in [0.5, 0.6) is 0 Å². The summed E-state index contributed by atoms with van der Waals surface area (Å²) in [6.07, 6.45) is 0. The number of hydrogen-bond acceptors (Lipinski definition) is 4. The lowest BCUT2D eigenvalue weighted by Crippen LogP contribution is -2.51. The molecule has 0 bridgehead atoms. The van der Waals surface area contributed by atoms with Crippen molar-refractivity contribution in [1.29, 1.82) is 0 Å². The fraction of sp³-hybridized carbons (Fsp3) is 0.636. The summed E-state index contributed by atoms with van der Waals surface area (Å²) in [5.41, 5.74) is 0.860. The molecular formula is C11H19ClN2O2S2. The van der Waals surface area contributed by atoms with E-state index in [1.807, 2.05) is 26.8 Å².